The molecule has 5 nitrogen and oxygen atoms in total. The van der Waals surface area contributed by atoms with E-state index in [4.69, 9.17) is 14.4 Å². The van der Waals surface area contributed by atoms with Crippen LogP contribution in [0.25, 0.3) is 6.08 Å². The summed E-state index contributed by atoms with van der Waals surface area (Å²) in [4.78, 5) is 14.8. The molecule has 0 atom stereocenters. The molecule has 1 aliphatic heterocycles. The fourth-order valence-electron chi connectivity index (χ4n) is 1.77. The van der Waals surface area contributed by atoms with Gasteiger partial charge in [0.25, 0.3) is 0 Å². The molecule has 0 saturated carbocycles. The SMILES string of the molecule is CC1(C)OB(/C=C/c2ccc(C(=O)O)cn2)OC1(C)C. The molecule has 6 heteroatoms. The number of hydrogen-bond acceptors (Lipinski definition) is 4. The predicted molar refractivity (Wildman–Crippen MR) is 76.3 cm³/mol. The number of rotatable bonds is 3. The number of aromatic nitrogens is 1. The van der Waals surface area contributed by atoms with Crippen molar-refractivity contribution in [3.05, 3.63) is 35.6 Å². The molecule has 1 aromatic heterocycles. The fraction of sp³-hybridized carbons (Fsp3) is 0.429. The molecule has 2 heterocycles. The first-order valence-corrected chi connectivity index (χ1v) is 6.44. The van der Waals surface area contributed by atoms with Gasteiger partial charge in [-0.15, -0.1) is 0 Å². The van der Waals surface area contributed by atoms with Crippen molar-refractivity contribution in [3.63, 3.8) is 0 Å². The summed E-state index contributed by atoms with van der Waals surface area (Å²) in [6.07, 6.45) is 3.08. The monoisotopic (exact) mass is 275 g/mol. The Morgan fingerprint density at radius 3 is 2.30 bits per heavy atom. The van der Waals surface area contributed by atoms with Gasteiger partial charge in [0.1, 0.15) is 0 Å². The molecule has 106 valence electrons. The molecule has 1 saturated heterocycles. The zero-order valence-electron chi connectivity index (χ0n) is 12.1. The van der Waals surface area contributed by atoms with Gasteiger partial charge in [0.2, 0.25) is 0 Å². The Kier molecular flexibility index (Phi) is 3.71. The third-order valence-electron chi connectivity index (χ3n) is 3.73. The molecule has 0 radical (unpaired) electrons. The topological polar surface area (TPSA) is 68.7 Å². The Morgan fingerprint density at radius 1 is 1.25 bits per heavy atom. The number of pyridine rings is 1. The first kappa shape index (κ1) is 14.7. The second-order valence-corrected chi connectivity index (χ2v) is 5.76. The average Bonchev–Trinajstić information content (AvgIpc) is 2.56. The lowest BCUT2D eigenvalue weighted by Gasteiger charge is -2.32. The van der Waals surface area contributed by atoms with Crippen LogP contribution in [-0.4, -0.2) is 34.4 Å². The van der Waals surface area contributed by atoms with E-state index < -0.39 is 13.1 Å². The number of carboxylic acid groups (broad SMARTS) is 1. The maximum Gasteiger partial charge on any atom is 0.487 e. The molecule has 0 unspecified atom stereocenters. The van der Waals surface area contributed by atoms with E-state index in [-0.39, 0.29) is 16.8 Å². The second kappa shape index (κ2) is 5.03. The van der Waals surface area contributed by atoms with Crippen molar-refractivity contribution < 1.29 is 19.2 Å². The van der Waals surface area contributed by atoms with Crippen molar-refractivity contribution in [3.8, 4) is 0 Å². The molecule has 2 rings (SSSR count). The van der Waals surface area contributed by atoms with Gasteiger partial charge in [-0.1, -0.05) is 5.98 Å². The van der Waals surface area contributed by atoms with Crippen LogP contribution in [0.2, 0.25) is 0 Å². The van der Waals surface area contributed by atoms with Crippen LogP contribution < -0.4 is 0 Å². The minimum absolute atomic E-state index is 0.165. The van der Waals surface area contributed by atoms with E-state index in [2.05, 4.69) is 4.98 Å². The number of carbonyl (C=O) groups is 1. The van der Waals surface area contributed by atoms with Gasteiger partial charge in [-0.3, -0.25) is 4.98 Å². The minimum Gasteiger partial charge on any atom is -0.478 e. The Hall–Kier alpha value is -1.66. The molecule has 20 heavy (non-hydrogen) atoms. The van der Waals surface area contributed by atoms with Crippen molar-refractivity contribution in [2.45, 2.75) is 38.9 Å². The van der Waals surface area contributed by atoms with E-state index >= 15 is 0 Å². The van der Waals surface area contributed by atoms with Gasteiger partial charge in [-0.25, -0.2) is 4.79 Å². The van der Waals surface area contributed by atoms with Crippen molar-refractivity contribution in [2.24, 2.45) is 0 Å². The quantitative estimate of drug-likeness (QED) is 0.858. The average molecular weight is 275 g/mol. The molecule has 1 fully saturated rings. The zero-order chi connectivity index (χ0) is 15.0. The van der Waals surface area contributed by atoms with Gasteiger partial charge >= 0.3 is 13.1 Å². The van der Waals surface area contributed by atoms with E-state index in [1.165, 1.54) is 12.3 Å². The van der Waals surface area contributed by atoms with Gasteiger partial charge in [0, 0.05) is 6.20 Å². The maximum absolute atomic E-state index is 10.7. The molecule has 1 aliphatic rings. The van der Waals surface area contributed by atoms with Crippen LogP contribution >= 0.6 is 0 Å². The van der Waals surface area contributed by atoms with Crippen molar-refractivity contribution in [2.75, 3.05) is 0 Å². The van der Waals surface area contributed by atoms with Gasteiger partial charge in [-0.2, -0.15) is 0 Å². The van der Waals surface area contributed by atoms with Gasteiger partial charge in [0.05, 0.1) is 22.5 Å². The Bertz CT molecular complexity index is 521. The summed E-state index contributed by atoms with van der Waals surface area (Å²) in [7, 11) is -0.430. The Morgan fingerprint density at radius 2 is 1.85 bits per heavy atom. The van der Waals surface area contributed by atoms with Gasteiger partial charge < -0.3 is 14.4 Å². The molecule has 0 aromatic carbocycles. The fourth-order valence-corrected chi connectivity index (χ4v) is 1.77. The normalized spacial score (nSPS) is 20.5. The second-order valence-electron chi connectivity index (χ2n) is 5.76. The number of nitrogens with zero attached hydrogens (tertiary/aromatic N) is 1. The van der Waals surface area contributed by atoms with E-state index in [0.717, 1.165) is 0 Å². The van der Waals surface area contributed by atoms with Crippen LogP contribution in [0, 0.1) is 0 Å². The molecule has 0 spiro atoms. The standard InChI is InChI=1S/C14H18BNO4/c1-13(2)14(3,4)20-15(19-13)8-7-11-6-5-10(9-16-11)12(17)18/h5-9H,1-4H3,(H,17,18)/b8-7+. The Balaban J connectivity index is 2.06. The highest BCUT2D eigenvalue weighted by molar-refractivity contribution is 6.52. The summed E-state index contributed by atoms with van der Waals surface area (Å²) in [5.41, 5.74) is 0.0769. The van der Waals surface area contributed by atoms with E-state index in [1.807, 2.05) is 27.7 Å². The molecule has 1 N–H and O–H groups in total. The number of aromatic carboxylic acids is 1. The van der Waals surface area contributed by atoms with Crippen LogP contribution in [0.5, 0.6) is 0 Å². The van der Waals surface area contributed by atoms with Gasteiger partial charge in [0.15, 0.2) is 0 Å². The maximum atomic E-state index is 10.7. The predicted octanol–water partition coefficient (Wildman–Crippen LogP) is 2.42. The number of hydrogen-bond donors (Lipinski definition) is 1. The minimum atomic E-state index is -0.987. The summed E-state index contributed by atoms with van der Waals surface area (Å²) >= 11 is 0. The molecule has 0 bridgehead atoms. The molecule has 0 aliphatic carbocycles. The summed E-state index contributed by atoms with van der Waals surface area (Å²) in [6, 6.07) is 3.16. The van der Waals surface area contributed by atoms with Crippen molar-refractivity contribution >= 4 is 19.2 Å². The van der Waals surface area contributed by atoms with E-state index in [0.29, 0.717) is 5.69 Å². The van der Waals surface area contributed by atoms with E-state index in [1.54, 1.807) is 18.1 Å². The molecular weight excluding hydrogens is 257 g/mol. The first-order chi connectivity index (χ1) is 9.21. The van der Waals surface area contributed by atoms with Crippen molar-refractivity contribution in [1.82, 2.24) is 4.98 Å². The summed E-state index contributed by atoms with van der Waals surface area (Å²) in [5.74, 6) is 0.790. The highest BCUT2D eigenvalue weighted by atomic mass is 16.7. The van der Waals surface area contributed by atoms with E-state index in [9.17, 15) is 4.79 Å². The highest BCUT2D eigenvalue weighted by Crippen LogP contribution is 2.36. The largest absolute Gasteiger partial charge is 0.487 e. The smallest absolute Gasteiger partial charge is 0.478 e. The van der Waals surface area contributed by atoms with Crippen LogP contribution in [0.3, 0.4) is 0 Å². The van der Waals surface area contributed by atoms with Crippen molar-refractivity contribution in [1.29, 1.82) is 0 Å². The summed E-state index contributed by atoms with van der Waals surface area (Å²) in [6.45, 7) is 7.95. The number of carboxylic acids is 1. The highest BCUT2D eigenvalue weighted by Gasteiger charge is 2.49. The van der Waals surface area contributed by atoms with Crippen LogP contribution in [0.1, 0.15) is 43.7 Å². The third kappa shape index (κ3) is 2.91. The summed E-state index contributed by atoms with van der Waals surface area (Å²) in [5, 5.41) is 8.80. The zero-order valence-corrected chi connectivity index (χ0v) is 12.1. The lowest BCUT2D eigenvalue weighted by Crippen LogP contribution is -2.41. The van der Waals surface area contributed by atoms with Gasteiger partial charge in [-0.05, 0) is 45.9 Å². The summed E-state index contributed by atoms with van der Waals surface area (Å²) < 4.78 is 11.6. The molecular formula is C14H18BNO4. The molecule has 1 aromatic rings. The first-order valence-electron chi connectivity index (χ1n) is 6.44. The van der Waals surface area contributed by atoms with Crippen LogP contribution in [0.4, 0.5) is 0 Å². The lowest BCUT2D eigenvalue weighted by molar-refractivity contribution is 0.00578. The Labute approximate surface area is 118 Å². The van der Waals surface area contributed by atoms with Crippen LogP contribution in [0.15, 0.2) is 24.3 Å². The molecule has 0 amide bonds. The third-order valence-corrected chi connectivity index (χ3v) is 3.73. The lowest BCUT2D eigenvalue weighted by atomic mass is 9.89. The van der Waals surface area contributed by atoms with Crippen LogP contribution in [-0.2, 0) is 9.31 Å².